The minimum Gasteiger partial charge on any atom is -0.337 e. The molecule has 0 unspecified atom stereocenters. The van der Waals surface area contributed by atoms with Crippen molar-refractivity contribution in [2.75, 3.05) is 26.2 Å². The summed E-state index contributed by atoms with van der Waals surface area (Å²) >= 11 is 0. The van der Waals surface area contributed by atoms with Crippen LogP contribution < -0.4 is 16.6 Å². The topological polar surface area (TPSA) is 100 Å². The number of fused-ring (bicyclic) bond motifs is 1. The number of nitrogens with one attached hydrogen (secondary N) is 2. The van der Waals surface area contributed by atoms with Gasteiger partial charge in [-0.3, -0.25) is 19.1 Å². The summed E-state index contributed by atoms with van der Waals surface area (Å²) in [5, 5.41) is 3.52. The normalized spacial score (nSPS) is 17.9. The van der Waals surface area contributed by atoms with Gasteiger partial charge in [0.1, 0.15) is 0 Å². The van der Waals surface area contributed by atoms with Gasteiger partial charge >= 0.3 is 5.69 Å². The van der Waals surface area contributed by atoms with Crippen molar-refractivity contribution >= 4 is 16.9 Å². The van der Waals surface area contributed by atoms with Crippen molar-refractivity contribution in [1.29, 1.82) is 0 Å². The molecule has 4 rings (SSSR count). The molecular weight excluding hydrogens is 346 g/mol. The molecule has 8 nitrogen and oxygen atoms in total. The number of H-pyrrole nitrogens is 1. The Hall–Kier alpha value is -2.48. The molecule has 27 heavy (non-hydrogen) atoms. The van der Waals surface area contributed by atoms with Gasteiger partial charge in [0.25, 0.3) is 11.5 Å². The maximum absolute atomic E-state index is 13.3. The molecule has 1 aliphatic carbocycles. The largest absolute Gasteiger partial charge is 0.337 e. The van der Waals surface area contributed by atoms with Gasteiger partial charge in [0, 0.05) is 37.8 Å². The second-order valence-corrected chi connectivity index (χ2v) is 7.37. The summed E-state index contributed by atoms with van der Waals surface area (Å²) in [6.07, 6.45) is 3.67. The predicted molar refractivity (Wildman–Crippen MR) is 102 cm³/mol. The van der Waals surface area contributed by atoms with E-state index >= 15 is 0 Å². The van der Waals surface area contributed by atoms with E-state index < -0.39 is 11.2 Å². The first-order chi connectivity index (χ1) is 13.1. The van der Waals surface area contributed by atoms with Crippen molar-refractivity contribution in [3.8, 4) is 0 Å². The van der Waals surface area contributed by atoms with E-state index in [-0.39, 0.29) is 11.3 Å². The maximum Gasteiger partial charge on any atom is 0.329 e. The zero-order valence-electron chi connectivity index (χ0n) is 15.6. The smallest absolute Gasteiger partial charge is 0.329 e. The number of pyridine rings is 1. The van der Waals surface area contributed by atoms with Crippen molar-refractivity contribution in [2.24, 2.45) is 0 Å². The lowest BCUT2D eigenvalue weighted by Gasteiger charge is -2.21. The monoisotopic (exact) mass is 371 g/mol. The minimum atomic E-state index is -0.534. The van der Waals surface area contributed by atoms with Crippen LogP contribution in [0.15, 0.2) is 15.7 Å². The van der Waals surface area contributed by atoms with E-state index in [1.807, 2.05) is 6.92 Å². The quantitative estimate of drug-likeness (QED) is 0.828. The molecule has 3 heterocycles. The third kappa shape index (κ3) is 3.41. The number of carbonyl (C=O) groups is 1. The van der Waals surface area contributed by atoms with Crippen molar-refractivity contribution in [1.82, 2.24) is 24.8 Å². The number of aryl methyl sites for hydroxylation is 1. The standard InChI is InChI=1S/C19H25N5O3/c1-2-8-24-16-15(17(25)22-19(24)27)13(11-14(21-16)12-4-5-12)18(26)23-9-3-6-20-7-10-23/h11-12,20H,2-10H2,1H3,(H,22,25,27). The number of nitrogens with zero attached hydrogens (tertiary/aromatic N) is 3. The molecule has 1 amide bonds. The van der Waals surface area contributed by atoms with E-state index in [2.05, 4.69) is 15.3 Å². The van der Waals surface area contributed by atoms with Crippen molar-refractivity contribution in [2.45, 2.75) is 45.1 Å². The van der Waals surface area contributed by atoms with Crippen molar-refractivity contribution < 1.29 is 4.79 Å². The maximum atomic E-state index is 13.3. The summed E-state index contributed by atoms with van der Waals surface area (Å²) in [5.41, 5.74) is 0.524. The minimum absolute atomic E-state index is 0.153. The van der Waals surface area contributed by atoms with Crippen LogP contribution >= 0.6 is 0 Å². The van der Waals surface area contributed by atoms with E-state index in [1.165, 1.54) is 4.57 Å². The van der Waals surface area contributed by atoms with Gasteiger partial charge in [-0.1, -0.05) is 6.92 Å². The number of amides is 1. The zero-order chi connectivity index (χ0) is 19.0. The van der Waals surface area contributed by atoms with Crippen LogP contribution in [0.1, 0.15) is 54.6 Å². The lowest BCUT2D eigenvalue weighted by molar-refractivity contribution is 0.0768. The van der Waals surface area contributed by atoms with Gasteiger partial charge in [-0.25, -0.2) is 9.78 Å². The predicted octanol–water partition coefficient (Wildman–Crippen LogP) is 0.808. The van der Waals surface area contributed by atoms with E-state index in [0.717, 1.165) is 44.5 Å². The van der Waals surface area contributed by atoms with Crippen LogP contribution in [0, 0.1) is 0 Å². The van der Waals surface area contributed by atoms with Crippen LogP contribution in [0.2, 0.25) is 0 Å². The summed E-state index contributed by atoms with van der Waals surface area (Å²) in [6, 6.07) is 1.77. The van der Waals surface area contributed by atoms with Crippen molar-refractivity contribution in [3.63, 3.8) is 0 Å². The van der Waals surface area contributed by atoms with Gasteiger partial charge in [-0.05, 0) is 38.3 Å². The zero-order valence-corrected chi connectivity index (χ0v) is 15.6. The van der Waals surface area contributed by atoms with Crippen molar-refractivity contribution in [3.05, 3.63) is 38.2 Å². The van der Waals surface area contributed by atoms with Crippen LogP contribution in [0.5, 0.6) is 0 Å². The molecule has 144 valence electrons. The molecular formula is C19H25N5O3. The highest BCUT2D eigenvalue weighted by atomic mass is 16.2. The molecule has 0 atom stereocenters. The highest BCUT2D eigenvalue weighted by molar-refractivity contribution is 6.05. The summed E-state index contributed by atoms with van der Waals surface area (Å²) in [5.74, 6) is 0.163. The average molecular weight is 371 g/mol. The fourth-order valence-corrected chi connectivity index (χ4v) is 3.70. The third-order valence-corrected chi connectivity index (χ3v) is 5.27. The fraction of sp³-hybridized carbons (Fsp3) is 0.579. The molecule has 0 bridgehead atoms. The molecule has 2 fully saturated rings. The van der Waals surface area contributed by atoms with Gasteiger partial charge in [0.15, 0.2) is 5.65 Å². The van der Waals surface area contributed by atoms with Gasteiger partial charge < -0.3 is 10.2 Å². The number of hydrogen-bond donors (Lipinski definition) is 2. The SMILES string of the molecule is CCCn1c(=O)[nH]c(=O)c2c(C(=O)N3CCCNCC3)cc(C3CC3)nc21. The first-order valence-corrected chi connectivity index (χ1v) is 9.78. The first-order valence-electron chi connectivity index (χ1n) is 9.78. The van der Waals surface area contributed by atoms with E-state index in [0.29, 0.717) is 36.8 Å². The van der Waals surface area contributed by atoms with E-state index in [1.54, 1.807) is 11.0 Å². The molecule has 2 aromatic heterocycles. The van der Waals surface area contributed by atoms with Crippen LogP contribution in [0.3, 0.4) is 0 Å². The number of carbonyl (C=O) groups excluding carboxylic acids is 1. The molecule has 1 aliphatic heterocycles. The second-order valence-electron chi connectivity index (χ2n) is 7.37. The number of aromatic nitrogens is 3. The van der Waals surface area contributed by atoms with Crippen LogP contribution in [0.4, 0.5) is 0 Å². The molecule has 2 aromatic rings. The van der Waals surface area contributed by atoms with Crippen LogP contribution in [0.25, 0.3) is 11.0 Å². The Kier molecular flexibility index (Phi) is 4.82. The highest BCUT2D eigenvalue weighted by Crippen LogP contribution is 2.40. The lowest BCUT2D eigenvalue weighted by atomic mass is 10.1. The lowest BCUT2D eigenvalue weighted by Crippen LogP contribution is -2.37. The molecule has 2 aliphatic rings. The fourth-order valence-electron chi connectivity index (χ4n) is 3.70. The molecule has 0 aromatic carbocycles. The van der Waals surface area contributed by atoms with Gasteiger partial charge in [0.05, 0.1) is 10.9 Å². The van der Waals surface area contributed by atoms with Gasteiger partial charge in [-0.15, -0.1) is 0 Å². The summed E-state index contributed by atoms with van der Waals surface area (Å²) in [7, 11) is 0. The molecule has 8 heteroatoms. The van der Waals surface area contributed by atoms with E-state index in [9.17, 15) is 14.4 Å². The number of rotatable bonds is 4. The molecule has 1 saturated heterocycles. The Morgan fingerprint density at radius 2 is 2.07 bits per heavy atom. The molecule has 0 spiro atoms. The molecule has 1 saturated carbocycles. The van der Waals surface area contributed by atoms with Gasteiger partial charge in [-0.2, -0.15) is 0 Å². The van der Waals surface area contributed by atoms with Gasteiger partial charge in [0.2, 0.25) is 0 Å². The Morgan fingerprint density at radius 1 is 1.26 bits per heavy atom. The van der Waals surface area contributed by atoms with Crippen LogP contribution in [-0.2, 0) is 6.54 Å². The number of hydrogen-bond acceptors (Lipinski definition) is 5. The van der Waals surface area contributed by atoms with E-state index in [4.69, 9.17) is 0 Å². The first kappa shape index (κ1) is 17.9. The number of aromatic amines is 1. The Balaban J connectivity index is 1.92. The highest BCUT2D eigenvalue weighted by Gasteiger charge is 2.30. The molecule has 2 N–H and O–H groups in total. The second kappa shape index (κ2) is 7.26. The average Bonchev–Trinajstić information content (AvgIpc) is 3.50. The van der Waals surface area contributed by atoms with Crippen LogP contribution in [-0.4, -0.2) is 51.5 Å². The third-order valence-electron chi connectivity index (χ3n) is 5.27. The Bertz CT molecular complexity index is 981. The Morgan fingerprint density at radius 3 is 2.81 bits per heavy atom. The summed E-state index contributed by atoms with van der Waals surface area (Å²) < 4.78 is 1.49. The summed E-state index contributed by atoms with van der Waals surface area (Å²) in [4.78, 5) is 47.1. The molecule has 0 radical (unpaired) electrons. The Labute approximate surface area is 156 Å². The summed E-state index contributed by atoms with van der Waals surface area (Å²) in [6.45, 7) is 5.29.